The van der Waals surface area contributed by atoms with Crippen LogP contribution in [0.4, 0.5) is 17.1 Å². The normalized spacial score (nSPS) is 11.2. The molecule has 0 aliphatic rings. The van der Waals surface area contributed by atoms with E-state index in [1.54, 1.807) is 0 Å². The van der Waals surface area contributed by atoms with Crippen LogP contribution in [0.5, 0.6) is 0 Å². The highest BCUT2D eigenvalue weighted by Crippen LogP contribution is 2.43. The minimum Gasteiger partial charge on any atom is -0.456 e. The van der Waals surface area contributed by atoms with Gasteiger partial charge in [-0.15, -0.1) is 0 Å². The largest absolute Gasteiger partial charge is 0.456 e. The second kappa shape index (κ2) is 12.8. The van der Waals surface area contributed by atoms with Crippen molar-refractivity contribution in [3.05, 3.63) is 200 Å². The summed E-state index contributed by atoms with van der Waals surface area (Å²) >= 11 is 0. The second-order valence-corrected chi connectivity index (χ2v) is 12.6. The van der Waals surface area contributed by atoms with E-state index < -0.39 is 0 Å². The van der Waals surface area contributed by atoms with Gasteiger partial charge in [-0.2, -0.15) is 0 Å². The van der Waals surface area contributed by atoms with Gasteiger partial charge in [-0.3, -0.25) is 0 Å². The van der Waals surface area contributed by atoms with Crippen LogP contribution in [0.2, 0.25) is 0 Å². The minimum atomic E-state index is 0.880. The van der Waals surface area contributed by atoms with E-state index in [9.17, 15) is 0 Å². The maximum absolute atomic E-state index is 6.19. The summed E-state index contributed by atoms with van der Waals surface area (Å²) in [7, 11) is 0. The molecule has 0 aliphatic carbocycles. The van der Waals surface area contributed by atoms with Crippen molar-refractivity contribution in [2.24, 2.45) is 0 Å². The molecule has 0 amide bonds. The van der Waals surface area contributed by atoms with Gasteiger partial charge < -0.3 is 9.32 Å². The standard InChI is InChI=1S/C48H33NO/c1-3-13-34(14-4-1)37-19-12-21-43(31-37)49(46-23-9-8-22-45(46)35-15-5-2-6-16-35)44-28-27-39-29-38(25-26-40(39)32-44)36-18-11-20-41(30-36)48-33-42-17-7-10-24-47(42)50-48/h1-33H. The van der Waals surface area contributed by atoms with E-state index in [1.165, 1.54) is 38.6 Å². The lowest BCUT2D eigenvalue weighted by molar-refractivity contribution is 0.631. The molecule has 0 spiro atoms. The smallest absolute Gasteiger partial charge is 0.135 e. The Morgan fingerprint density at radius 2 is 0.920 bits per heavy atom. The van der Waals surface area contributed by atoms with Gasteiger partial charge in [0.1, 0.15) is 11.3 Å². The molecule has 9 rings (SSSR count). The van der Waals surface area contributed by atoms with E-state index in [0.29, 0.717) is 0 Å². The number of furan rings is 1. The van der Waals surface area contributed by atoms with Crippen LogP contribution in [0.3, 0.4) is 0 Å². The van der Waals surface area contributed by atoms with Crippen LogP contribution in [-0.2, 0) is 0 Å². The maximum Gasteiger partial charge on any atom is 0.135 e. The molecule has 2 nitrogen and oxygen atoms in total. The molecule has 0 fully saturated rings. The molecule has 0 saturated heterocycles. The van der Waals surface area contributed by atoms with Crippen molar-refractivity contribution in [3.8, 4) is 44.7 Å². The second-order valence-electron chi connectivity index (χ2n) is 12.6. The van der Waals surface area contributed by atoms with Gasteiger partial charge in [-0.05, 0) is 93.2 Å². The Morgan fingerprint density at radius 1 is 0.320 bits per heavy atom. The molecule has 0 bridgehead atoms. The molecule has 0 atom stereocenters. The fourth-order valence-electron chi connectivity index (χ4n) is 6.94. The third kappa shape index (κ3) is 5.63. The fraction of sp³-hybridized carbons (Fsp3) is 0. The molecule has 0 saturated carbocycles. The van der Waals surface area contributed by atoms with Crippen molar-refractivity contribution in [2.75, 3.05) is 4.90 Å². The summed E-state index contributed by atoms with van der Waals surface area (Å²) in [6.45, 7) is 0. The zero-order valence-electron chi connectivity index (χ0n) is 27.4. The first kappa shape index (κ1) is 29.5. The summed E-state index contributed by atoms with van der Waals surface area (Å²) in [6, 6.07) is 71.2. The Bertz CT molecular complexity index is 2570. The van der Waals surface area contributed by atoms with Crippen molar-refractivity contribution in [1.82, 2.24) is 0 Å². The highest BCUT2D eigenvalue weighted by molar-refractivity contribution is 5.95. The third-order valence-corrected chi connectivity index (χ3v) is 9.43. The minimum absolute atomic E-state index is 0.880. The van der Waals surface area contributed by atoms with Crippen LogP contribution >= 0.6 is 0 Å². The number of hydrogen-bond donors (Lipinski definition) is 0. The lowest BCUT2D eigenvalue weighted by atomic mass is 9.98. The zero-order valence-corrected chi connectivity index (χ0v) is 27.4. The Hall–Kier alpha value is -6.64. The van der Waals surface area contributed by atoms with Crippen molar-refractivity contribution in [1.29, 1.82) is 0 Å². The molecule has 8 aromatic carbocycles. The predicted octanol–water partition coefficient (Wildman–Crippen LogP) is 13.7. The zero-order chi connectivity index (χ0) is 33.3. The molecular formula is C48H33NO. The Labute approximate surface area is 292 Å². The first-order chi connectivity index (χ1) is 24.8. The highest BCUT2D eigenvalue weighted by Gasteiger charge is 2.18. The molecule has 0 radical (unpaired) electrons. The van der Waals surface area contributed by atoms with Gasteiger partial charge in [0.25, 0.3) is 0 Å². The van der Waals surface area contributed by atoms with Crippen molar-refractivity contribution >= 4 is 38.8 Å². The molecule has 0 N–H and O–H groups in total. The SMILES string of the molecule is c1ccc(-c2cccc(N(c3ccc4cc(-c5cccc(-c6cc7ccccc7o6)c5)ccc4c3)c3ccccc3-c3ccccc3)c2)cc1. The summed E-state index contributed by atoms with van der Waals surface area (Å²) in [5.41, 5.74) is 12.4. The van der Waals surface area contributed by atoms with E-state index in [2.05, 4.69) is 187 Å². The van der Waals surface area contributed by atoms with Crippen LogP contribution < -0.4 is 4.90 Å². The van der Waals surface area contributed by atoms with Crippen molar-refractivity contribution in [2.45, 2.75) is 0 Å². The number of benzene rings is 8. The number of hydrogen-bond acceptors (Lipinski definition) is 2. The summed E-state index contributed by atoms with van der Waals surface area (Å²) in [6.07, 6.45) is 0. The van der Waals surface area contributed by atoms with Crippen molar-refractivity contribution < 1.29 is 4.42 Å². The monoisotopic (exact) mass is 639 g/mol. The number of anilines is 3. The average Bonchev–Trinajstić information content (AvgIpc) is 3.64. The number of fused-ring (bicyclic) bond motifs is 2. The Morgan fingerprint density at radius 3 is 1.76 bits per heavy atom. The van der Waals surface area contributed by atoms with Gasteiger partial charge in [0, 0.05) is 27.9 Å². The van der Waals surface area contributed by atoms with Gasteiger partial charge >= 0.3 is 0 Å². The summed E-state index contributed by atoms with van der Waals surface area (Å²) in [4.78, 5) is 2.39. The highest BCUT2D eigenvalue weighted by atomic mass is 16.3. The summed E-state index contributed by atoms with van der Waals surface area (Å²) in [5.74, 6) is 0.880. The van der Waals surface area contributed by atoms with Crippen LogP contribution in [0.1, 0.15) is 0 Å². The molecule has 9 aromatic rings. The van der Waals surface area contributed by atoms with Crippen molar-refractivity contribution in [3.63, 3.8) is 0 Å². The molecule has 1 aromatic heterocycles. The van der Waals surface area contributed by atoms with E-state index in [1.807, 2.05) is 18.2 Å². The Kier molecular flexibility index (Phi) is 7.53. The molecule has 1 heterocycles. The molecule has 0 unspecified atom stereocenters. The van der Waals surface area contributed by atoms with Crippen LogP contribution in [0, 0.1) is 0 Å². The first-order valence-corrected chi connectivity index (χ1v) is 17.0. The maximum atomic E-state index is 6.19. The van der Waals surface area contributed by atoms with E-state index in [-0.39, 0.29) is 0 Å². The van der Waals surface area contributed by atoms with Gasteiger partial charge in [0.15, 0.2) is 0 Å². The molecule has 50 heavy (non-hydrogen) atoms. The van der Waals surface area contributed by atoms with Crippen LogP contribution in [0.15, 0.2) is 205 Å². The Balaban J connectivity index is 1.13. The van der Waals surface area contributed by atoms with Crippen LogP contribution in [0.25, 0.3) is 66.4 Å². The predicted molar refractivity (Wildman–Crippen MR) is 210 cm³/mol. The average molecular weight is 640 g/mol. The van der Waals surface area contributed by atoms with Gasteiger partial charge in [-0.25, -0.2) is 0 Å². The topological polar surface area (TPSA) is 16.4 Å². The first-order valence-electron chi connectivity index (χ1n) is 17.0. The summed E-state index contributed by atoms with van der Waals surface area (Å²) < 4.78 is 6.19. The lowest BCUT2D eigenvalue weighted by Crippen LogP contribution is -2.11. The fourth-order valence-corrected chi connectivity index (χ4v) is 6.94. The number of para-hydroxylation sites is 2. The molecule has 236 valence electrons. The molecular weight excluding hydrogens is 607 g/mol. The third-order valence-electron chi connectivity index (χ3n) is 9.43. The number of nitrogens with zero attached hydrogens (tertiary/aromatic N) is 1. The van der Waals surface area contributed by atoms with E-state index in [4.69, 9.17) is 4.42 Å². The van der Waals surface area contributed by atoms with Gasteiger partial charge in [0.2, 0.25) is 0 Å². The number of rotatable bonds is 7. The lowest BCUT2D eigenvalue weighted by Gasteiger charge is -2.28. The van der Waals surface area contributed by atoms with E-state index >= 15 is 0 Å². The quantitative estimate of drug-likeness (QED) is 0.173. The van der Waals surface area contributed by atoms with E-state index in [0.717, 1.165) is 44.9 Å². The van der Waals surface area contributed by atoms with Gasteiger partial charge in [-0.1, -0.05) is 146 Å². The van der Waals surface area contributed by atoms with Gasteiger partial charge in [0.05, 0.1) is 5.69 Å². The summed E-state index contributed by atoms with van der Waals surface area (Å²) in [5, 5.41) is 3.48. The molecule has 2 heteroatoms. The van der Waals surface area contributed by atoms with Crippen LogP contribution in [-0.4, -0.2) is 0 Å². The molecule has 0 aliphatic heterocycles.